The number of carbonyl (C=O) groups excluding carboxylic acids is 1. The lowest BCUT2D eigenvalue weighted by Crippen LogP contribution is -2.29. The Hall–Kier alpha value is -2.37. The van der Waals surface area contributed by atoms with Crippen molar-refractivity contribution in [1.29, 1.82) is 0 Å². The zero-order valence-electron chi connectivity index (χ0n) is 12.1. The minimum absolute atomic E-state index is 0.424. The third-order valence-electron chi connectivity index (χ3n) is 2.93. The van der Waals surface area contributed by atoms with Crippen molar-refractivity contribution in [3.63, 3.8) is 0 Å². The third-order valence-corrected chi connectivity index (χ3v) is 2.93. The second-order valence-corrected chi connectivity index (χ2v) is 5.33. The van der Waals surface area contributed by atoms with Crippen molar-refractivity contribution in [2.45, 2.75) is 38.7 Å². The van der Waals surface area contributed by atoms with Crippen molar-refractivity contribution >= 4 is 6.29 Å². The van der Waals surface area contributed by atoms with E-state index in [0.717, 1.165) is 24.7 Å². The van der Waals surface area contributed by atoms with E-state index in [4.69, 9.17) is 9.15 Å². The first kappa shape index (κ1) is 15.0. The summed E-state index contributed by atoms with van der Waals surface area (Å²) in [6.07, 6.45) is 3.05. The fourth-order valence-corrected chi connectivity index (χ4v) is 1.86. The number of hydrogen-bond donors (Lipinski definition) is 1. The van der Waals surface area contributed by atoms with Crippen LogP contribution in [0.15, 0.2) is 33.5 Å². The first-order chi connectivity index (χ1) is 9.98. The molecule has 0 bridgehead atoms. The fourth-order valence-electron chi connectivity index (χ4n) is 1.86. The van der Waals surface area contributed by atoms with Crippen LogP contribution in [0.25, 0.3) is 0 Å². The van der Waals surface area contributed by atoms with Gasteiger partial charge in [-0.2, -0.15) is 0 Å². The number of rotatable bonds is 7. The number of aldehydes is 1. The van der Waals surface area contributed by atoms with Crippen LogP contribution >= 0.6 is 0 Å². The molecule has 0 aliphatic rings. The molecule has 1 heterocycles. The number of carbonyl (C=O) groups is 1. The molecule has 0 unspecified atom stereocenters. The minimum atomic E-state index is -0.820. The molecule has 0 amide bonds. The van der Waals surface area contributed by atoms with Gasteiger partial charge in [-0.25, -0.2) is 9.89 Å². The van der Waals surface area contributed by atoms with Gasteiger partial charge in [-0.05, 0) is 44.4 Å². The highest BCUT2D eigenvalue weighted by Crippen LogP contribution is 2.18. The normalized spacial score (nSPS) is 11.3. The van der Waals surface area contributed by atoms with Gasteiger partial charge in [0.05, 0.1) is 0 Å². The van der Waals surface area contributed by atoms with E-state index in [1.165, 1.54) is 0 Å². The van der Waals surface area contributed by atoms with Gasteiger partial charge < -0.3 is 9.15 Å². The quantitative estimate of drug-likeness (QED) is 0.787. The Morgan fingerprint density at radius 3 is 2.57 bits per heavy atom. The molecule has 0 atom stereocenters. The van der Waals surface area contributed by atoms with Crippen molar-refractivity contribution in [3.8, 4) is 5.75 Å². The molecular formula is C15H18N2O4. The summed E-state index contributed by atoms with van der Waals surface area (Å²) in [5, 5.41) is 5.99. The molecule has 2 rings (SSSR count). The number of aromatic amines is 1. The van der Waals surface area contributed by atoms with Gasteiger partial charge in [0.1, 0.15) is 5.75 Å². The number of nitrogens with zero attached hydrogens (tertiary/aromatic N) is 1. The number of H-pyrrole nitrogens is 1. The fraction of sp³-hybridized carbons (Fsp3) is 0.400. The zero-order chi connectivity index (χ0) is 15.3. The lowest BCUT2D eigenvalue weighted by atomic mass is 10.1. The first-order valence-corrected chi connectivity index (χ1v) is 6.77. The van der Waals surface area contributed by atoms with Crippen LogP contribution in [0.1, 0.15) is 31.7 Å². The lowest BCUT2D eigenvalue weighted by Gasteiger charge is -2.19. The van der Waals surface area contributed by atoms with E-state index < -0.39 is 11.4 Å². The zero-order valence-corrected chi connectivity index (χ0v) is 12.1. The van der Waals surface area contributed by atoms with Crippen LogP contribution in [-0.2, 0) is 17.6 Å². The van der Waals surface area contributed by atoms with Crippen LogP contribution < -0.4 is 10.5 Å². The van der Waals surface area contributed by atoms with Crippen LogP contribution in [0.3, 0.4) is 0 Å². The first-order valence-electron chi connectivity index (χ1n) is 6.77. The Bertz CT molecular complexity index is 640. The SMILES string of the molecule is CC(C)(C=O)Oc1ccc(CCCc2n[nH]c(=O)o2)cc1. The summed E-state index contributed by atoms with van der Waals surface area (Å²) < 4.78 is 10.4. The summed E-state index contributed by atoms with van der Waals surface area (Å²) in [4.78, 5) is 21.6. The highest BCUT2D eigenvalue weighted by atomic mass is 16.5. The summed E-state index contributed by atoms with van der Waals surface area (Å²) in [6, 6.07) is 7.60. The second-order valence-electron chi connectivity index (χ2n) is 5.33. The molecule has 2 aromatic rings. The molecule has 0 saturated heterocycles. The Labute approximate surface area is 122 Å². The summed E-state index contributed by atoms with van der Waals surface area (Å²) in [6.45, 7) is 3.43. The van der Waals surface area contributed by atoms with Gasteiger partial charge in [0, 0.05) is 6.42 Å². The van der Waals surface area contributed by atoms with E-state index >= 15 is 0 Å². The average molecular weight is 290 g/mol. The van der Waals surface area contributed by atoms with Crippen molar-refractivity contribution in [2.24, 2.45) is 0 Å². The molecule has 112 valence electrons. The van der Waals surface area contributed by atoms with E-state index in [0.29, 0.717) is 18.1 Å². The summed E-state index contributed by atoms with van der Waals surface area (Å²) in [5.74, 6) is 0.561. The molecule has 6 nitrogen and oxygen atoms in total. The van der Waals surface area contributed by atoms with Crippen LogP contribution in [0.5, 0.6) is 5.75 Å². The smallest absolute Gasteiger partial charge is 0.434 e. The lowest BCUT2D eigenvalue weighted by molar-refractivity contribution is -0.118. The maximum atomic E-state index is 10.8. The van der Waals surface area contributed by atoms with Gasteiger partial charge in [-0.1, -0.05) is 12.1 Å². The van der Waals surface area contributed by atoms with Crippen molar-refractivity contribution < 1.29 is 13.9 Å². The van der Waals surface area contributed by atoms with Gasteiger partial charge in [-0.3, -0.25) is 4.79 Å². The highest BCUT2D eigenvalue weighted by Gasteiger charge is 2.17. The van der Waals surface area contributed by atoms with Gasteiger partial charge in [0.15, 0.2) is 11.9 Å². The highest BCUT2D eigenvalue weighted by molar-refractivity contribution is 5.61. The molecule has 0 spiro atoms. The molecule has 0 fully saturated rings. The molecular weight excluding hydrogens is 272 g/mol. The number of nitrogens with one attached hydrogen (secondary N) is 1. The third kappa shape index (κ3) is 4.59. The topological polar surface area (TPSA) is 85.2 Å². The minimum Gasteiger partial charge on any atom is -0.480 e. The van der Waals surface area contributed by atoms with Crippen LogP contribution in [0.4, 0.5) is 0 Å². The van der Waals surface area contributed by atoms with Gasteiger partial charge >= 0.3 is 5.76 Å². The Balaban J connectivity index is 1.85. The summed E-state index contributed by atoms with van der Waals surface area (Å²) in [7, 11) is 0. The number of benzene rings is 1. The van der Waals surface area contributed by atoms with Gasteiger partial charge in [-0.15, -0.1) is 5.10 Å². The molecule has 1 aromatic heterocycles. The molecule has 0 aliphatic carbocycles. The van der Waals surface area contributed by atoms with Gasteiger partial charge in [0.25, 0.3) is 0 Å². The van der Waals surface area contributed by atoms with Crippen LogP contribution in [0, 0.1) is 0 Å². The molecule has 1 N–H and O–H groups in total. The van der Waals surface area contributed by atoms with Crippen LogP contribution in [0.2, 0.25) is 0 Å². The predicted molar refractivity (Wildman–Crippen MR) is 76.4 cm³/mol. The van der Waals surface area contributed by atoms with Gasteiger partial charge in [0.2, 0.25) is 5.89 Å². The van der Waals surface area contributed by atoms with Crippen molar-refractivity contribution in [2.75, 3.05) is 0 Å². The van der Waals surface area contributed by atoms with E-state index in [9.17, 15) is 9.59 Å². The monoisotopic (exact) mass is 290 g/mol. The van der Waals surface area contributed by atoms with Crippen molar-refractivity contribution in [3.05, 3.63) is 46.3 Å². The van der Waals surface area contributed by atoms with E-state index in [-0.39, 0.29) is 0 Å². The number of ether oxygens (including phenoxy) is 1. The number of aromatic nitrogens is 2. The molecule has 6 heteroatoms. The Morgan fingerprint density at radius 1 is 1.29 bits per heavy atom. The molecule has 0 saturated carbocycles. The van der Waals surface area contributed by atoms with E-state index in [2.05, 4.69) is 10.2 Å². The average Bonchev–Trinajstić information content (AvgIpc) is 2.86. The number of aryl methyl sites for hydroxylation is 2. The molecule has 21 heavy (non-hydrogen) atoms. The summed E-state index contributed by atoms with van der Waals surface area (Å²) in [5.41, 5.74) is 0.322. The second kappa shape index (κ2) is 6.39. The predicted octanol–water partition coefficient (Wildman–Crippen LogP) is 1.89. The largest absolute Gasteiger partial charge is 0.480 e. The standard InChI is InChI=1S/C15H18N2O4/c1-15(2,10-18)21-12-8-6-11(7-9-12)4-3-5-13-16-17-14(19)20-13/h6-10H,3-5H2,1-2H3,(H,17,19). The molecule has 0 aliphatic heterocycles. The molecule has 1 aromatic carbocycles. The number of hydrogen-bond acceptors (Lipinski definition) is 5. The Morgan fingerprint density at radius 2 is 2.00 bits per heavy atom. The maximum Gasteiger partial charge on any atom is 0.434 e. The Kier molecular flexibility index (Phi) is 4.57. The molecule has 0 radical (unpaired) electrons. The van der Waals surface area contributed by atoms with E-state index in [1.807, 2.05) is 24.3 Å². The van der Waals surface area contributed by atoms with Crippen molar-refractivity contribution in [1.82, 2.24) is 10.2 Å². The maximum absolute atomic E-state index is 10.8. The van der Waals surface area contributed by atoms with Crippen LogP contribution in [-0.4, -0.2) is 22.1 Å². The van der Waals surface area contributed by atoms with E-state index in [1.54, 1.807) is 13.8 Å². The summed E-state index contributed by atoms with van der Waals surface area (Å²) >= 11 is 0.